The second-order valence-corrected chi connectivity index (χ2v) is 4.93. The molecule has 3 aromatic rings. The summed E-state index contributed by atoms with van der Waals surface area (Å²) in [5.41, 5.74) is 1.41. The number of allylic oxidation sites excluding steroid dienone is 1. The highest BCUT2D eigenvalue weighted by Gasteiger charge is 1.98. The normalized spacial score (nSPS) is 9.13. The van der Waals surface area contributed by atoms with Gasteiger partial charge in [0.05, 0.1) is 0 Å². The summed E-state index contributed by atoms with van der Waals surface area (Å²) < 4.78 is 0. The van der Waals surface area contributed by atoms with Gasteiger partial charge >= 0.3 is 0 Å². The third kappa shape index (κ3) is 6.27. The van der Waals surface area contributed by atoms with Crippen LogP contribution in [0.3, 0.4) is 0 Å². The van der Waals surface area contributed by atoms with Crippen LogP contribution in [0.15, 0.2) is 79.4 Å². The standard InChI is InChI=1S/C10H8O2.C8H10.C3H6/c11-8-4-5-9-7(6-8)2-1-3-10(9)12;1-2-8-6-4-3-5-7-8;1-3-2/h1-6,11-12H;3-7H,2H2,1H3;3H,1H2,2H3. The van der Waals surface area contributed by atoms with E-state index in [1.54, 1.807) is 36.4 Å². The van der Waals surface area contributed by atoms with E-state index >= 15 is 0 Å². The molecular weight excluding hydrogens is 284 g/mol. The average Bonchev–Trinajstić information content (AvgIpc) is 2.57. The molecule has 0 aromatic heterocycles. The topological polar surface area (TPSA) is 40.5 Å². The van der Waals surface area contributed by atoms with E-state index in [0.717, 1.165) is 17.2 Å². The first-order valence-electron chi connectivity index (χ1n) is 7.64. The van der Waals surface area contributed by atoms with Crippen molar-refractivity contribution < 1.29 is 10.2 Å². The molecule has 2 nitrogen and oxygen atoms in total. The fourth-order valence-electron chi connectivity index (χ4n) is 1.97. The second kappa shape index (κ2) is 10.1. The van der Waals surface area contributed by atoms with Crippen LogP contribution in [-0.4, -0.2) is 10.2 Å². The van der Waals surface area contributed by atoms with Gasteiger partial charge in [0.25, 0.3) is 0 Å². The zero-order valence-corrected chi connectivity index (χ0v) is 13.7. The average molecular weight is 308 g/mol. The lowest BCUT2D eigenvalue weighted by Gasteiger charge is -1.99. The lowest BCUT2D eigenvalue weighted by atomic mass is 10.1. The molecule has 3 aromatic carbocycles. The van der Waals surface area contributed by atoms with Gasteiger partial charge in [-0.25, -0.2) is 0 Å². The molecule has 3 rings (SSSR count). The lowest BCUT2D eigenvalue weighted by Crippen LogP contribution is -1.73. The largest absolute Gasteiger partial charge is 0.508 e. The van der Waals surface area contributed by atoms with Gasteiger partial charge in [0.15, 0.2) is 0 Å². The molecule has 0 radical (unpaired) electrons. The Balaban J connectivity index is 0.000000209. The molecule has 120 valence electrons. The number of hydrogen-bond donors (Lipinski definition) is 2. The Labute approximate surface area is 138 Å². The van der Waals surface area contributed by atoms with Gasteiger partial charge in [-0.05, 0) is 48.6 Å². The van der Waals surface area contributed by atoms with Gasteiger partial charge in [0.2, 0.25) is 0 Å². The maximum Gasteiger partial charge on any atom is 0.123 e. The Morgan fingerprint density at radius 1 is 0.913 bits per heavy atom. The van der Waals surface area contributed by atoms with Crippen LogP contribution in [0.25, 0.3) is 10.8 Å². The fraction of sp³-hybridized carbons (Fsp3) is 0.143. The van der Waals surface area contributed by atoms with Crippen molar-refractivity contribution in [2.24, 2.45) is 0 Å². The molecule has 0 saturated carbocycles. The van der Waals surface area contributed by atoms with E-state index < -0.39 is 0 Å². The highest BCUT2D eigenvalue weighted by molar-refractivity contribution is 5.88. The monoisotopic (exact) mass is 308 g/mol. The molecule has 0 saturated heterocycles. The number of hydrogen-bond acceptors (Lipinski definition) is 2. The minimum atomic E-state index is 0.216. The van der Waals surface area contributed by atoms with E-state index in [-0.39, 0.29) is 11.5 Å². The first kappa shape index (κ1) is 18.3. The van der Waals surface area contributed by atoms with E-state index in [1.807, 2.05) is 19.1 Å². The number of phenolic OH excluding ortho intramolecular Hbond substituents is 2. The third-order valence-electron chi connectivity index (χ3n) is 3.09. The zero-order valence-electron chi connectivity index (χ0n) is 13.7. The van der Waals surface area contributed by atoms with Crippen molar-refractivity contribution in [3.8, 4) is 11.5 Å². The van der Waals surface area contributed by atoms with E-state index in [9.17, 15) is 5.11 Å². The van der Waals surface area contributed by atoms with Crippen molar-refractivity contribution in [1.29, 1.82) is 0 Å². The van der Waals surface area contributed by atoms with Gasteiger partial charge in [-0.1, -0.05) is 55.5 Å². The van der Waals surface area contributed by atoms with Crippen LogP contribution in [0.2, 0.25) is 0 Å². The van der Waals surface area contributed by atoms with Crippen molar-refractivity contribution in [2.45, 2.75) is 20.3 Å². The number of aryl methyl sites for hydroxylation is 1. The summed E-state index contributed by atoms with van der Waals surface area (Å²) >= 11 is 0. The Hall–Kier alpha value is -2.74. The van der Waals surface area contributed by atoms with Crippen molar-refractivity contribution in [3.05, 3.63) is 84.9 Å². The Morgan fingerprint density at radius 3 is 2.13 bits per heavy atom. The quantitative estimate of drug-likeness (QED) is 0.567. The predicted molar refractivity (Wildman–Crippen MR) is 99.0 cm³/mol. The zero-order chi connectivity index (χ0) is 17.1. The summed E-state index contributed by atoms with van der Waals surface area (Å²) in [4.78, 5) is 0. The van der Waals surface area contributed by atoms with E-state index in [0.29, 0.717) is 0 Å². The van der Waals surface area contributed by atoms with Gasteiger partial charge in [0.1, 0.15) is 11.5 Å². The summed E-state index contributed by atoms with van der Waals surface area (Å²) in [5.74, 6) is 0.459. The summed E-state index contributed by atoms with van der Waals surface area (Å²) in [6, 6.07) is 20.5. The van der Waals surface area contributed by atoms with Crippen LogP contribution in [0.1, 0.15) is 19.4 Å². The first-order valence-corrected chi connectivity index (χ1v) is 7.64. The molecule has 0 heterocycles. The molecule has 23 heavy (non-hydrogen) atoms. The molecule has 0 amide bonds. The minimum absolute atomic E-state index is 0.216. The smallest absolute Gasteiger partial charge is 0.123 e. The molecule has 2 heteroatoms. The number of aromatic hydroxyl groups is 2. The summed E-state index contributed by atoms with van der Waals surface area (Å²) in [6.45, 7) is 7.41. The summed E-state index contributed by atoms with van der Waals surface area (Å²) in [5, 5.41) is 20.1. The maximum atomic E-state index is 9.38. The third-order valence-corrected chi connectivity index (χ3v) is 3.09. The highest BCUT2D eigenvalue weighted by Crippen LogP contribution is 2.26. The molecule has 0 spiro atoms. The van der Waals surface area contributed by atoms with Gasteiger partial charge in [0, 0.05) is 5.39 Å². The van der Waals surface area contributed by atoms with Crippen molar-refractivity contribution >= 4 is 10.8 Å². The van der Waals surface area contributed by atoms with E-state index in [2.05, 4.69) is 37.8 Å². The Bertz CT molecular complexity index is 718. The fourth-order valence-corrected chi connectivity index (χ4v) is 1.97. The molecule has 0 fully saturated rings. The van der Waals surface area contributed by atoms with Gasteiger partial charge < -0.3 is 10.2 Å². The SMILES string of the molecule is C=CC.CCc1ccccc1.Oc1ccc2c(O)cccc2c1. The summed E-state index contributed by atoms with van der Waals surface area (Å²) in [7, 11) is 0. The van der Waals surface area contributed by atoms with Crippen molar-refractivity contribution in [2.75, 3.05) is 0 Å². The van der Waals surface area contributed by atoms with Crippen LogP contribution in [0.5, 0.6) is 11.5 Å². The van der Waals surface area contributed by atoms with Crippen LogP contribution in [-0.2, 0) is 6.42 Å². The molecule has 0 unspecified atom stereocenters. The molecule has 0 atom stereocenters. The van der Waals surface area contributed by atoms with Crippen LogP contribution in [0, 0.1) is 0 Å². The van der Waals surface area contributed by atoms with Crippen molar-refractivity contribution in [3.63, 3.8) is 0 Å². The first-order chi connectivity index (χ1) is 11.1. The number of rotatable bonds is 1. The van der Waals surface area contributed by atoms with E-state index in [1.165, 1.54) is 5.56 Å². The molecule has 0 aliphatic rings. The molecule has 0 aliphatic heterocycles. The molecule has 2 N–H and O–H groups in total. The van der Waals surface area contributed by atoms with Crippen LogP contribution >= 0.6 is 0 Å². The van der Waals surface area contributed by atoms with Crippen LogP contribution < -0.4 is 0 Å². The number of phenols is 2. The Kier molecular flexibility index (Phi) is 8.01. The Morgan fingerprint density at radius 2 is 1.57 bits per heavy atom. The molecule has 0 aliphatic carbocycles. The molecule has 0 bridgehead atoms. The number of fused-ring (bicyclic) bond motifs is 1. The van der Waals surface area contributed by atoms with Gasteiger partial charge in [-0.2, -0.15) is 0 Å². The summed E-state index contributed by atoms with van der Waals surface area (Å²) in [6.07, 6.45) is 2.89. The number of benzene rings is 3. The second-order valence-electron chi connectivity index (χ2n) is 4.93. The van der Waals surface area contributed by atoms with E-state index in [4.69, 9.17) is 5.11 Å². The lowest BCUT2D eigenvalue weighted by molar-refractivity contribution is 0.475. The molecular formula is C21H24O2. The van der Waals surface area contributed by atoms with Gasteiger partial charge in [-0.15, -0.1) is 6.58 Å². The highest BCUT2D eigenvalue weighted by atomic mass is 16.3. The predicted octanol–water partition coefficient (Wildman–Crippen LogP) is 5.69. The van der Waals surface area contributed by atoms with Crippen LogP contribution in [0.4, 0.5) is 0 Å². The minimum Gasteiger partial charge on any atom is -0.508 e. The maximum absolute atomic E-state index is 9.38. The van der Waals surface area contributed by atoms with Gasteiger partial charge in [-0.3, -0.25) is 0 Å². The van der Waals surface area contributed by atoms with Crippen molar-refractivity contribution in [1.82, 2.24) is 0 Å².